The summed E-state index contributed by atoms with van der Waals surface area (Å²) in [6, 6.07) is 0.804. The highest BCUT2D eigenvalue weighted by Gasteiger charge is 2.60. The van der Waals surface area contributed by atoms with E-state index in [1.54, 1.807) is 27.7 Å². The van der Waals surface area contributed by atoms with Crippen molar-refractivity contribution in [2.45, 2.75) is 63.5 Å². The van der Waals surface area contributed by atoms with Crippen LogP contribution < -0.4 is 16.1 Å². The van der Waals surface area contributed by atoms with Crippen molar-refractivity contribution < 1.29 is 31.7 Å². The van der Waals surface area contributed by atoms with Crippen LogP contribution in [-0.2, 0) is 14.8 Å². The fraction of sp³-hybridized carbons (Fsp3) is 0.550. The quantitative estimate of drug-likeness (QED) is 0.413. The molecule has 0 radical (unpaired) electrons. The average molecular weight is 424 g/mol. The molecule has 0 bridgehead atoms. The van der Waals surface area contributed by atoms with Gasteiger partial charge in [0.1, 0.15) is 5.82 Å². The summed E-state index contributed by atoms with van der Waals surface area (Å²) in [6.45, 7) is 7.10. The topological polar surface area (TPSA) is 59.6 Å². The van der Waals surface area contributed by atoms with E-state index in [0.717, 1.165) is 12.1 Å². The van der Waals surface area contributed by atoms with Gasteiger partial charge in [-0.3, -0.25) is 0 Å². The highest BCUT2D eigenvalue weighted by Crippen LogP contribution is 2.45. The van der Waals surface area contributed by atoms with Crippen molar-refractivity contribution in [3.63, 3.8) is 0 Å². The van der Waals surface area contributed by atoms with E-state index in [0.29, 0.717) is 12.8 Å². The van der Waals surface area contributed by atoms with Crippen molar-refractivity contribution in [1.29, 1.82) is 0 Å². The minimum Gasteiger partial charge on any atom is -0.399 e. The first-order valence-corrected chi connectivity index (χ1v) is 9.64. The van der Waals surface area contributed by atoms with Gasteiger partial charge in [0, 0.05) is 22.6 Å². The molecule has 10 heteroatoms. The van der Waals surface area contributed by atoms with E-state index in [-0.39, 0.29) is 17.1 Å². The molecular weight excluding hydrogens is 403 g/mol. The Morgan fingerprint density at radius 1 is 1.13 bits per heavy atom. The first-order valence-electron chi connectivity index (χ1n) is 9.64. The smallest absolute Gasteiger partial charge is 0.399 e. The van der Waals surface area contributed by atoms with Crippen LogP contribution in [0.3, 0.4) is 0 Å². The molecule has 2 fully saturated rings. The number of nitrogens with one attached hydrogen (secondary N) is 2. The van der Waals surface area contributed by atoms with Gasteiger partial charge in [0.05, 0.1) is 11.2 Å². The van der Waals surface area contributed by atoms with E-state index < -0.39 is 47.4 Å². The van der Waals surface area contributed by atoms with Gasteiger partial charge in [-0.15, -0.1) is 0 Å². The third-order valence-corrected chi connectivity index (χ3v) is 6.06. The Kier molecular flexibility index (Phi) is 4.46. The molecule has 0 spiro atoms. The molecule has 1 unspecified atom stereocenters. The average Bonchev–Trinajstić information content (AvgIpc) is 3.38. The number of fused-ring (bicyclic) bond motifs is 1. The van der Waals surface area contributed by atoms with Crippen LogP contribution in [0, 0.1) is 23.6 Å². The van der Waals surface area contributed by atoms with E-state index in [1.165, 1.54) is 0 Å². The van der Waals surface area contributed by atoms with Crippen LogP contribution in [0.1, 0.15) is 46.1 Å². The van der Waals surface area contributed by atoms with Crippen molar-refractivity contribution in [2.24, 2.45) is 5.92 Å². The SMILES string of the molecule is CC1(C)OB(c2cc3c(cc2F)C(C#CC2CC2)(C(F)(F)F)NC(=O)N3)OC1(C)C. The molecule has 30 heavy (non-hydrogen) atoms. The number of hydrogen-bond acceptors (Lipinski definition) is 3. The molecule has 2 heterocycles. The van der Waals surface area contributed by atoms with Gasteiger partial charge in [-0.2, -0.15) is 13.2 Å². The van der Waals surface area contributed by atoms with E-state index in [2.05, 4.69) is 17.2 Å². The summed E-state index contributed by atoms with van der Waals surface area (Å²) in [6.07, 6.45) is -3.55. The highest BCUT2D eigenvalue weighted by molar-refractivity contribution is 6.62. The minimum atomic E-state index is -4.96. The molecule has 5 nitrogen and oxygen atoms in total. The van der Waals surface area contributed by atoms with Crippen LogP contribution in [-0.4, -0.2) is 30.5 Å². The molecule has 1 aromatic carbocycles. The van der Waals surface area contributed by atoms with Gasteiger partial charge in [0.25, 0.3) is 0 Å². The third kappa shape index (κ3) is 3.24. The van der Waals surface area contributed by atoms with E-state index in [9.17, 15) is 18.0 Å². The van der Waals surface area contributed by atoms with Gasteiger partial charge in [0.15, 0.2) is 0 Å². The molecule has 3 aliphatic rings. The Labute approximate surface area is 172 Å². The standard InChI is InChI=1S/C20H21BF4N2O3/c1-17(2)18(3,4)30-21(29-17)13-10-15-12(9-14(13)22)19(20(23,24)25,27-16(28)26-15)8-7-11-5-6-11/h9-11H,5-6H2,1-4H3,(H2,26,27,28). The monoisotopic (exact) mass is 424 g/mol. The van der Waals surface area contributed by atoms with E-state index >= 15 is 4.39 Å². The predicted molar refractivity (Wildman–Crippen MR) is 103 cm³/mol. The number of benzene rings is 1. The molecule has 4 rings (SSSR count). The molecule has 1 atom stereocenters. The number of anilines is 1. The molecule has 2 N–H and O–H groups in total. The van der Waals surface area contributed by atoms with Gasteiger partial charge in [-0.25, -0.2) is 9.18 Å². The number of alkyl halides is 3. The molecule has 1 aliphatic carbocycles. The first kappa shape index (κ1) is 21.0. The zero-order valence-corrected chi connectivity index (χ0v) is 17.0. The van der Waals surface area contributed by atoms with Crippen molar-refractivity contribution >= 4 is 24.3 Å². The highest BCUT2D eigenvalue weighted by atomic mass is 19.4. The predicted octanol–water partition coefficient (Wildman–Crippen LogP) is 3.43. The Bertz CT molecular complexity index is 963. The normalized spacial score (nSPS) is 26.9. The lowest BCUT2D eigenvalue weighted by Crippen LogP contribution is -2.59. The fourth-order valence-electron chi connectivity index (χ4n) is 3.38. The Morgan fingerprint density at radius 3 is 2.27 bits per heavy atom. The summed E-state index contributed by atoms with van der Waals surface area (Å²) in [5.41, 5.74) is -5.32. The molecular formula is C20H21BF4N2O3. The van der Waals surface area contributed by atoms with E-state index in [4.69, 9.17) is 9.31 Å². The molecule has 1 saturated carbocycles. The number of carbonyl (C=O) groups excluding carboxylic acids is 1. The van der Waals surface area contributed by atoms with Crippen molar-refractivity contribution in [3.05, 3.63) is 23.5 Å². The second-order valence-corrected chi connectivity index (χ2v) is 8.88. The lowest BCUT2D eigenvalue weighted by Gasteiger charge is -2.37. The second-order valence-electron chi connectivity index (χ2n) is 8.88. The van der Waals surface area contributed by atoms with Gasteiger partial charge in [-0.05, 0) is 52.7 Å². The summed E-state index contributed by atoms with van der Waals surface area (Å²) in [5, 5.41) is 4.20. The maximum atomic E-state index is 15.1. The van der Waals surface area contributed by atoms with Gasteiger partial charge in [-0.1, -0.05) is 11.8 Å². The van der Waals surface area contributed by atoms with Crippen LogP contribution in [0.5, 0.6) is 0 Å². The zero-order chi connectivity index (χ0) is 22.1. The summed E-state index contributed by atoms with van der Waals surface area (Å²) >= 11 is 0. The van der Waals surface area contributed by atoms with Crippen molar-refractivity contribution in [1.82, 2.24) is 5.32 Å². The number of hydrogen-bond donors (Lipinski definition) is 2. The number of amides is 2. The van der Waals surface area contributed by atoms with Crippen LogP contribution in [0.2, 0.25) is 0 Å². The summed E-state index contributed by atoms with van der Waals surface area (Å²) in [5.74, 6) is 3.67. The molecule has 160 valence electrons. The Morgan fingerprint density at radius 2 is 1.73 bits per heavy atom. The fourth-order valence-corrected chi connectivity index (χ4v) is 3.38. The largest absolute Gasteiger partial charge is 0.497 e. The molecule has 0 aromatic heterocycles. The van der Waals surface area contributed by atoms with Crippen molar-refractivity contribution in [2.75, 3.05) is 5.32 Å². The van der Waals surface area contributed by atoms with Gasteiger partial charge < -0.3 is 19.9 Å². The van der Waals surface area contributed by atoms with E-state index in [1.807, 2.05) is 5.32 Å². The second kappa shape index (κ2) is 6.38. The van der Waals surface area contributed by atoms with Crippen molar-refractivity contribution in [3.8, 4) is 11.8 Å². The third-order valence-electron chi connectivity index (χ3n) is 6.06. The van der Waals surface area contributed by atoms with Crippen LogP contribution in [0.25, 0.3) is 0 Å². The maximum Gasteiger partial charge on any atom is 0.497 e. The van der Waals surface area contributed by atoms with Crippen LogP contribution in [0.15, 0.2) is 12.1 Å². The first-order chi connectivity index (χ1) is 13.8. The summed E-state index contributed by atoms with van der Waals surface area (Å²) < 4.78 is 69.1. The Hall–Kier alpha value is -2.25. The number of rotatable bonds is 1. The lowest BCUT2D eigenvalue weighted by atomic mass is 9.75. The van der Waals surface area contributed by atoms with Gasteiger partial charge in [0.2, 0.25) is 5.54 Å². The molecule has 1 aromatic rings. The molecule has 2 amide bonds. The lowest BCUT2D eigenvalue weighted by molar-refractivity contribution is -0.178. The number of halogens is 4. The Balaban J connectivity index is 1.83. The minimum absolute atomic E-state index is 0.0965. The maximum absolute atomic E-state index is 15.1. The van der Waals surface area contributed by atoms with Crippen LogP contribution >= 0.6 is 0 Å². The number of urea groups is 1. The summed E-state index contributed by atoms with van der Waals surface area (Å²) in [4.78, 5) is 12.1. The summed E-state index contributed by atoms with van der Waals surface area (Å²) in [7, 11) is -1.13. The van der Waals surface area contributed by atoms with Crippen LogP contribution in [0.4, 0.5) is 28.0 Å². The zero-order valence-electron chi connectivity index (χ0n) is 17.0. The van der Waals surface area contributed by atoms with Gasteiger partial charge >= 0.3 is 19.3 Å². The molecule has 2 aliphatic heterocycles. The number of carbonyl (C=O) groups is 1. The molecule has 1 saturated heterocycles.